The SMILES string of the molecule is COc1ccc2c(-c3cncs3)c(OC)ccc2c1-c1cncs1. The summed E-state index contributed by atoms with van der Waals surface area (Å²) in [6.45, 7) is 0. The van der Waals surface area contributed by atoms with Gasteiger partial charge in [-0.05, 0) is 35.0 Å². The molecule has 0 atom stereocenters. The summed E-state index contributed by atoms with van der Waals surface area (Å²) in [5.41, 5.74) is 5.79. The van der Waals surface area contributed by atoms with Crippen molar-refractivity contribution in [3.05, 3.63) is 47.7 Å². The lowest BCUT2D eigenvalue weighted by atomic mass is 9.97. The number of hydrogen-bond acceptors (Lipinski definition) is 6. The van der Waals surface area contributed by atoms with Gasteiger partial charge in [0.2, 0.25) is 0 Å². The predicted octanol–water partition coefficient (Wildman–Crippen LogP) is 5.10. The first-order chi connectivity index (χ1) is 11.8. The highest BCUT2D eigenvalue weighted by Gasteiger charge is 2.18. The van der Waals surface area contributed by atoms with Gasteiger partial charge in [0.25, 0.3) is 0 Å². The molecule has 0 radical (unpaired) electrons. The van der Waals surface area contributed by atoms with Gasteiger partial charge in [-0.2, -0.15) is 0 Å². The molecule has 4 nitrogen and oxygen atoms in total. The molecule has 2 heterocycles. The number of hydrogen-bond donors (Lipinski definition) is 0. The van der Waals surface area contributed by atoms with Crippen molar-refractivity contribution >= 4 is 33.4 Å². The van der Waals surface area contributed by atoms with Crippen LogP contribution in [0.1, 0.15) is 0 Å². The van der Waals surface area contributed by atoms with Crippen LogP contribution in [-0.4, -0.2) is 24.2 Å². The standard InChI is InChI=1S/C18H14N2O2S2/c1-21-13-5-3-12-11(17(13)15-7-19-9-23-15)4-6-14(22-2)18(12)16-8-20-10-24-16/h3-10H,1-2H3. The van der Waals surface area contributed by atoms with Crippen LogP contribution < -0.4 is 9.47 Å². The summed E-state index contributed by atoms with van der Waals surface area (Å²) in [6.07, 6.45) is 3.75. The Balaban J connectivity index is 2.11. The third-order valence-electron chi connectivity index (χ3n) is 3.92. The molecule has 0 aliphatic carbocycles. The molecule has 2 aromatic carbocycles. The zero-order valence-electron chi connectivity index (χ0n) is 13.1. The highest BCUT2D eigenvalue weighted by molar-refractivity contribution is 7.13. The largest absolute Gasteiger partial charge is 0.496 e. The number of benzene rings is 2. The van der Waals surface area contributed by atoms with Gasteiger partial charge in [0.05, 0.1) is 35.0 Å². The molecule has 0 bridgehead atoms. The fraction of sp³-hybridized carbons (Fsp3) is 0.111. The predicted molar refractivity (Wildman–Crippen MR) is 99.3 cm³/mol. The summed E-state index contributed by atoms with van der Waals surface area (Å²) in [5.74, 6) is 1.68. The normalized spacial score (nSPS) is 10.9. The summed E-state index contributed by atoms with van der Waals surface area (Å²) in [7, 11) is 3.39. The fourth-order valence-electron chi connectivity index (χ4n) is 2.89. The van der Waals surface area contributed by atoms with Crippen LogP contribution >= 0.6 is 22.7 Å². The van der Waals surface area contributed by atoms with E-state index in [4.69, 9.17) is 9.47 Å². The van der Waals surface area contributed by atoms with Crippen LogP contribution in [0.5, 0.6) is 11.5 Å². The Morgan fingerprint density at radius 2 is 1.17 bits per heavy atom. The lowest BCUT2D eigenvalue weighted by Crippen LogP contribution is -1.92. The minimum atomic E-state index is 0.840. The number of rotatable bonds is 4. The second-order valence-electron chi connectivity index (χ2n) is 5.11. The van der Waals surface area contributed by atoms with E-state index in [9.17, 15) is 0 Å². The quantitative estimate of drug-likeness (QED) is 0.511. The van der Waals surface area contributed by atoms with Crippen LogP contribution in [0.4, 0.5) is 0 Å². The Morgan fingerprint density at radius 3 is 1.50 bits per heavy atom. The number of methoxy groups -OCH3 is 2. The van der Waals surface area contributed by atoms with Crippen molar-refractivity contribution in [2.45, 2.75) is 0 Å². The number of ether oxygens (including phenoxy) is 2. The number of thiazole rings is 2. The van der Waals surface area contributed by atoms with Crippen molar-refractivity contribution in [3.8, 4) is 32.4 Å². The lowest BCUT2D eigenvalue weighted by molar-refractivity contribution is 0.416. The number of aromatic nitrogens is 2. The summed E-state index contributed by atoms with van der Waals surface area (Å²) < 4.78 is 11.2. The topological polar surface area (TPSA) is 44.2 Å². The zero-order valence-corrected chi connectivity index (χ0v) is 14.8. The molecule has 0 unspecified atom stereocenters. The molecular formula is C18H14N2O2S2. The van der Waals surface area contributed by atoms with Crippen LogP contribution in [0.2, 0.25) is 0 Å². The van der Waals surface area contributed by atoms with Crippen molar-refractivity contribution in [3.63, 3.8) is 0 Å². The first kappa shape index (κ1) is 15.1. The van der Waals surface area contributed by atoms with Crippen LogP contribution in [0, 0.1) is 0 Å². The first-order valence-electron chi connectivity index (χ1n) is 7.29. The molecule has 120 valence electrons. The van der Waals surface area contributed by atoms with Crippen LogP contribution in [0.3, 0.4) is 0 Å². The van der Waals surface area contributed by atoms with Crippen molar-refractivity contribution in [1.82, 2.24) is 9.97 Å². The lowest BCUT2D eigenvalue weighted by Gasteiger charge is -2.15. The smallest absolute Gasteiger partial charge is 0.128 e. The molecular weight excluding hydrogens is 340 g/mol. The maximum absolute atomic E-state index is 5.60. The Morgan fingerprint density at radius 1 is 0.708 bits per heavy atom. The minimum absolute atomic E-state index is 0.840. The van der Waals surface area contributed by atoms with Crippen molar-refractivity contribution in [1.29, 1.82) is 0 Å². The van der Waals surface area contributed by atoms with Gasteiger partial charge in [-0.15, -0.1) is 22.7 Å². The molecule has 0 aliphatic rings. The van der Waals surface area contributed by atoms with E-state index in [2.05, 4.69) is 22.1 Å². The van der Waals surface area contributed by atoms with Gasteiger partial charge in [0.15, 0.2) is 0 Å². The third kappa shape index (κ3) is 2.35. The molecule has 4 aromatic rings. The molecule has 2 aromatic heterocycles. The Labute approximate surface area is 147 Å². The molecule has 0 fully saturated rings. The molecule has 0 saturated heterocycles. The zero-order chi connectivity index (χ0) is 16.5. The highest BCUT2D eigenvalue weighted by Crippen LogP contribution is 2.45. The molecule has 4 rings (SSSR count). The average Bonchev–Trinajstić information content (AvgIpc) is 3.33. The Kier molecular flexibility index (Phi) is 3.92. The fourth-order valence-corrected chi connectivity index (χ4v) is 4.26. The molecule has 6 heteroatoms. The van der Waals surface area contributed by atoms with E-state index in [-0.39, 0.29) is 0 Å². The summed E-state index contributed by atoms with van der Waals surface area (Å²) in [6, 6.07) is 8.16. The molecule has 24 heavy (non-hydrogen) atoms. The third-order valence-corrected chi connectivity index (χ3v) is 5.50. The van der Waals surface area contributed by atoms with E-state index in [1.54, 1.807) is 36.9 Å². The summed E-state index contributed by atoms with van der Waals surface area (Å²) in [4.78, 5) is 10.6. The number of nitrogens with zero attached hydrogens (tertiary/aromatic N) is 2. The van der Waals surface area contributed by atoms with Gasteiger partial charge < -0.3 is 9.47 Å². The second-order valence-corrected chi connectivity index (χ2v) is 6.88. The second kappa shape index (κ2) is 6.22. The molecule has 0 N–H and O–H groups in total. The van der Waals surface area contributed by atoms with Gasteiger partial charge >= 0.3 is 0 Å². The van der Waals surface area contributed by atoms with Gasteiger partial charge in [-0.1, -0.05) is 0 Å². The average molecular weight is 354 g/mol. The van der Waals surface area contributed by atoms with E-state index >= 15 is 0 Å². The Hall–Kier alpha value is -2.44. The minimum Gasteiger partial charge on any atom is -0.496 e. The first-order valence-corrected chi connectivity index (χ1v) is 9.05. The van der Waals surface area contributed by atoms with Crippen LogP contribution in [0.15, 0.2) is 47.7 Å². The van der Waals surface area contributed by atoms with Crippen molar-refractivity contribution in [2.24, 2.45) is 0 Å². The molecule has 0 amide bonds. The summed E-state index contributed by atoms with van der Waals surface area (Å²) >= 11 is 3.20. The van der Waals surface area contributed by atoms with E-state index in [0.29, 0.717) is 0 Å². The maximum Gasteiger partial charge on any atom is 0.128 e. The maximum atomic E-state index is 5.60. The van der Waals surface area contributed by atoms with E-state index in [1.165, 1.54) is 0 Å². The van der Waals surface area contributed by atoms with Crippen molar-refractivity contribution in [2.75, 3.05) is 14.2 Å². The van der Waals surface area contributed by atoms with E-state index < -0.39 is 0 Å². The van der Waals surface area contributed by atoms with Crippen LogP contribution in [0.25, 0.3) is 31.7 Å². The molecule has 0 saturated carbocycles. The molecule has 0 aliphatic heterocycles. The van der Waals surface area contributed by atoms with Crippen LogP contribution in [-0.2, 0) is 0 Å². The highest BCUT2D eigenvalue weighted by atomic mass is 32.1. The van der Waals surface area contributed by atoms with Gasteiger partial charge in [-0.25, -0.2) is 0 Å². The Bertz CT molecular complexity index is 899. The van der Waals surface area contributed by atoms with Gasteiger partial charge in [0, 0.05) is 23.5 Å². The number of fused-ring (bicyclic) bond motifs is 1. The monoisotopic (exact) mass is 354 g/mol. The molecule has 0 spiro atoms. The summed E-state index contributed by atoms with van der Waals surface area (Å²) in [5, 5.41) is 2.23. The van der Waals surface area contributed by atoms with E-state index in [1.807, 2.05) is 35.5 Å². The van der Waals surface area contributed by atoms with Gasteiger partial charge in [-0.3, -0.25) is 9.97 Å². The van der Waals surface area contributed by atoms with E-state index in [0.717, 1.165) is 43.2 Å². The van der Waals surface area contributed by atoms with Crippen molar-refractivity contribution < 1.29 is 9.47 Å². The van der Waals surface area contributed by atoms with Gasteiger partial charge in [0.1, 0.15) is 11.5 Å².